The van der Waals surface area contributed by atoms with E-state index in [9.17, 15) is 4.79 Å². The Kier molecular flexibility index (Phi) is 3.36. The van der Waals surface area contributed by atoms with E-state index in [-0.39, 0.29) is 5.91 Å². The van der Waals surface area contributed by atoms with Gasteiger partial charge in [0.05, 0.1) is 10.7 Å². The lowest BCUT2D eigenvalue weighted by Gasteiger charge is -2.11. The number of rotatable bonds is 2. The molecule has 0 saturated carbocycles. The number of anilines is 1. The van der Waals surface area contributed by atoms with E-state index >= 15 is 0 Å². The molecule has 0 bridgehead atoms. The number of carbonyl (C=O) groups is 1. The molecule has 76 valence electrons. The highest BCUT2D eigenvalue weighted by molar-refractivity contribution is 6.33. The van der Waals surface area contributed by atoms with Crippen molar-refractivity contribution in [2.75, 3.05) is 26.5 Å². The Hall–Kier alpha value is -1.22. The number of benzene rings is 1. The van der Waals surface area contributed by atoms with Crippen LogP contribution in [0.25, 0.3) is 0 Å². The van der Waals surface area contributed by atoms with Gasteiger partial charge >= 0.3 is 0 Å². The Labute approximate surface area is 88.7 Å². The minimum atomic E-state index is -0.0295. The third-order valence-corrected chi connectivity index (χ3v) is 2.22. The molecule has 1 rings (SSSR count). The maximum Gasteiger partial charge on any atom is 0.253 e. The lowest BCUT2D eigenvalue weighted by molar-refractivity contribution is 0.0827. The first-order chi connectivity index (χ1) is 6.56. The van der Waals surface area contributed by atoms with Crippen molar-refractivity contribution in [3.05, 3.63) is 28.8 Å². The first-order valence-corrected chi connectivity index (χ1v) is 4.63. The van der Waals surface area contributed by atoms with E-state index in [1.54, 1.807) is 39.3 Å². The summed E-state index contributed by atoms with van der Waals surface area (Å²) in [5.74, 6) is -0.0295. The maximum absolute atomic E-state index is 11.6. The lowest BCUT2D eigenvalue weighted by Crippen LogP contribution is -2.21. The third-order valence-electron chi connectivity index (χ3n) is 1.89. The fourth-order valence-electron chi connectivity index (χ4n) is 1.11. The highest BCUT2D eigenvalue weighted by Gasteiger charge is 2.09. The van der Waals surface area contributed by atoms with Crippen LogP contribution in [-0.4, -0.2) is 32.0 Å². The Balaban J connectivity index is 3.06. The number of nitrogens with one attached hydrogen (secondary N) is 1. The zero-order valence-electron chi connectivity index (χ0n) is 8.47. The van der Waals surface area contributed by atoms with Gasteiger partial charge < -0.3 is 10.2 Å². The maximum atomic E-state index is 11.6. The van der Waals surface area contributed by atoms with Gasteiger partial charge in [-0.2, -0.15) is 0 Å². The highest BCUT2D eigenvalue weighted by Crippen LogP contribution is 2.22. The van der Waals surface area contributed by atoms with E-state index in [0.29, 0.717) is 10.6 Å². The molecule has 1 amide bonds. The number of amides is 1. The predicted molar refractivity (Wildman–Crippen MR) is 59.0 cm³/mol. The summed E-state index contributed by atoms with van der Waals surface area (Å²) >= 11 is 5.89. The van der Waals surface area contributed by atoms with Crippen LogP contribution in [0.2, 0.25) is 5.02 Å². The largest absolute Gasteiger partial charge is 0.387 e. The molecule has 3 nitrogen and oxygen atoms in total. The summed E-state index contributed by atoms with van der Waals surface area (Å²) in [6.45, 7) is 0. The topological polar surface area (TPSA) is 32.3 Å². The van der Waals surface area contributed by atoms with Gasteiger partial charge in [-0.15, -0.1) is 0 Å². The van der Waals surface area contributed by atoms with E-state index < -0.39 is 0 Å². The second-order valence-electron chi connectivity index (χ2n) is 3.14. The highest BCUT2D eigenvalue weighted by atomic mass is 35.5. The quantitative estimate of drug-likeness (QED) is 0.814. The monoisotopic (exact) mass is 212 g/mol. The Morgan fingerprint density at radius 3 is 2.57 bits per heavy atom. The molecule has 0 heterocycles. The summed E-state index contributed by atoms with van der Waals surface area (Å²) in [6.07, 6.45) is 0. The van der Waals surface area contributed by atoms with Gasteiger partial charge in [0.1, 0.15) is 0 Å². The van der Waals surface area contributed by atoms with Gasteiger partial charge in [0.25, 0.3) is 5.91 Å². The average Bonchev–Trinajstić information content (AvgIpc) is 2.17. The van der Waals surface area contributed by atoms with Crippen LogP contribution in [0.15, 0.2) is 18.2 Å². The molecule has 1 aromatic carbocycles. The fourth-order valence-corrected chi connectivity index (χ4v) is 1.32. The number of nitrogens with zero attached hydrogens (tertiary/aromatic N) is 1. The molecule has 0 saturated heterocycles. The lowest BCUT2D eigenvalue weighted by atomic mass is 10.2. The van der Waals surface area contributed by atoms with Gasteiger partial charge in [0, 0.05) is 26.7 Å². The van der Waals surface area contributed by atoms with Crippen LogP contribution >= 0.6 is 11.6 Å². The molecule has 1 aromatic rings. The van der Waals surface area contributed by atoms with Crippen molar-refractivity contribution >= 4 is 23.2 Å². The van der Waals surface area contributed by atoms with E-state index in [1.807, 2.05) is 0 Å². The van der Waals surface area contributed by atoms with Gasteiger partial charge in [0.2, 0.25) is 0 Å². The molecule has 0 spiro atoms. The van der Waals surface area contributed by atoms with Crippen molar-refractivity contribution in [2.45, 2.75) is 0 Å². The molecule has 0 aliphatic carbocycles. The summed E-state index contributed by atoms with van der Waals surface area (Å²) < 4.78 is 0. The SMILES string of the molecule is CNc1cc(C(=O)N(C)C)ccc1Cl. The third kappa shape index (κ3) is 2.17. The summed E-state index contributed by atoms with van der Waals surface area (Å²) in [5, 5.41) is 3.54. The van der Waals surface area contributed by atoms with Crippen LogP contribution in [0, 0.1) is 0 Å². The summed E-state index contributed by atoms with van der Waals surface area (Å²) in [6, 6.07) is 5.17. The van der Waals surface area contributed by atoms with Crippen molar-refractivity contribution in [2.24, 2.45) is 0 Å². The first kappa shape index (κ1) is 10.9. The van der Waals surface area contributed by atoms with Crippen LogP contribution < -0.4 is 5.32 Å². The van der Waals surface area contributed by atoms with Crippen LogP contribution in [0.4, 0.5) is 5.69 Å². The number of halogens is 1. The molecule has 0 aromatic heterocycles. The summed E-state index contributed by atoms with van der Waals surface area (Å²) in [4.78, 5) is 13.1. The van der Waals surface area contributed by atoms with Gasteiger partial charge in [-0.3, -0.25) is 4.79 Å². The van der Waals surface area contributed by atoms with Gasteiger partial charge in [0.15, 0.2) is 0 Å². The number of carbonyl (C=O) groups excluding carboxylic acids is 1. The smallest absolute Gasteiger partial charge is 0.253 e. The second-order valence-corrected chi connectivity index (χ2v) is 3.55. The normalized spacial score (nSPS) is 9.71. The predicted octanol–water partition coefficient (Wildman–Crippen LogP) is 2.08. The second kappa shape index (κ2) is 4.33. The van der Waals surface area contributed by atoms with E-state index in [0.717, 1.165) is 5.69 Å². The number of hydrogen-bond acceptors (Lipinski definition) is 2. The Morgan fingerprint density at radius 1 is 1.43 bits per heavy atom. The van der Waals surface area contributed by atoms with Crippen molar-refractivity contribution in [1.29, 1.82) is 0 Å². The minimum absolute atomic E-state index is 0.0295. The zero-order chi connectivity index (χ0) is 10.7. The fraction of sp³-hybridized carbons (Fsp3) is 0.300. The van der Waals surface area contributed by atoms with Crippen LogP contribution in [0.5, 0.6) is 0 Å². The van der Waals surface area contributed by atoms with Crippen molar-refractivity contribution in [3.8, 4) is 0 Å². The average molecular weight is 213 g/mol. The van der Waals surface area contributed by atoms with Gasteiger partial charge in [-0.05, 0) is 18.2 Å². The molecule has 0 fully saturated rings. The van der Waals surface area contributed by atoms with Gasteiger partial charge in [-0.25, -0.2) is 0 Å². The molecule has 0 aliphatic heterocycles. The zero-order valence-corrected chi connectivity index (χ0v) is 9.22. The van der Waals surface area contributed by atoms with Crippen molar-refractivity contribution < 1.29 is 4.79 Å². The van der Waals surface area contributed by atoms with E-state index in [4.69, 9.17) is 11.6 Å². The molecule has 0 unspecified atom stereocenters. The molecular weight excluding hydrogens is 200 g/mol. The Bertz CT molecular complexity index is 350. The molecule has 0 atom stereocenters. The van der Waals surface area contributed by atoms with Gasteiger partial charge in [-0.1, -0.05) is 11.6 Å². The van der Waals surface area contributed by atoms with E-state index in [2.05, 4.69) is 5.32 Å². The molecule has 0 radical (unpaired) electrons. The van der Waals surface area contributed by atoms with Crippen LogP contribution in [0.3, 0.4) is 0 Å². The summed E-state index contributed by atoms with van der Waals surface area (Å²) in [5.41, 5.74) is 1.39. The molecule has 4 heteroatoms. The first-order valence-electron chi connectivity index (χ1n) is 4.25. The molecular formula is C10H13ClN2O. The summed E-state index contributed by atoms with van der Waals surface area (Å²) in [7, 11) is 5.21. The standard InChI is InChI=1S/C10H13ClN2O/c1-12-9-6-7(4-5-8(9)11)10(14)13(2)3/h4-6,12H,1-3H3. The van der Waals surface area contributed by atoms with Crippen LogP contribution in [-0.2, 0) is 0 Å². The van der Waals surface area contributed by atoms with Crippen LogP contribution in [0.1, 0.15) is 10.4 Å². The van der Waals surface area contributed by atoms with Crippen molar-refractivity contribution in [3.63, 3.8) is 0 Å². The molecule has 1 N–H and O–H groups in total. The molecule has 14 heavy (non-hydrogen) atoms. The van der Waals surface area contributed by atoms with Crippen molar-refractivity contribution in [1.82, 2.24) is 4.90 Å². The minimum Gasteiger partial charge on any atom is -0.387 e. The number of hydrogen-bond donors (Lipinski definition) is 1. The Morgan fingerprint density at radius 2 is 2.07 bits per heavy atom. The van der Waals surface area contributed by atoms with E-state index in [1.165, 1.54) is 4.90 Å². The molecule has 0 aliphatic rings.